The Hall–Kier alpha value is -2.77. The van der Waals surface area contributed by atoms with Gasteiger partial charge in [-0.3, -0.25) is 0 Å². The highest BCUT2D eigenvalue weighted by molar-refractivity contribution is 5.82. The fraction of sp³-hybridized carbons (Fsp3) is 0.567. The first-order chi connectivity index (χ1) is 18.2. The SMILES string of the molecule is CCc1nn2c(-c3c(OC)cc(COC)cc3OC)cccc2c1N(CC1CCC1)CC1CCOCC1. The van der Waals surface area contributed by atoms with Crippen molar-refractivity contribution >= 4 is 11.2 Å². The number of methoxy groups -OCH3 is 3. The molecular weight excluding hydrogens is 466 g/mol. The molecule has 7 nitrogen and oxygen atoms in total. The molecule has 1 aromatic carbocycles. The molecule has 0 amide bonds. The number of aromatic nitrogens is 2. The van der Waals surface area contributed by atoms with Crippen LogP contribution in [0.4, 0.5) is 5.69 Å². The molecule has 2 aliphatic rings. The Labute approximate surface area is 220 Å². The van der Waals surface area contributed by atoms with Gasteiger partial charge in [0, 0.05) is 33.4 Å². The highest BCUT2D eigenvalue weighted by Gasteiger charge is 2.28. The second-order valence-corrected chi connectivity index (χ2v) is 10.4. The molecule has 2 aromatic heterocycles. The van der Waals surface area contributed by atoms with Crippen LogP contribution in [-0.2, 0) is 22.5 Å². The van der Waals surface area contributed by atoms with Crippen LogP contribution in [0.5, 0.6) is 11.5 Å². The van der Waals surface area contributed by atoms with Crippen molar-refractivity contribution in [2.75, 3.05) is 52.5 Å². The molecule has 3 aromatic rings. The van der Waals surface area contributed by atoms with Gasteiger partial charge in [-0.2, -0.15) is 5.10 Å². The molecule has 1 saturated carbocycles. The lowest BCUT2D eigenvalue weighted by Crippen LogP contribution is -2.38. The molecule has 37 heavy (non-hydrogen) atoms. The van der Waals surface area contributed by atoms with Crippen LogP contribution in [0.25, 0.3) is 16.8 Å². The fourth-order valence-electron chi connectivity index (χ4n) is 5.83. The molecule has 2 fully saturated rings. The van der Waals surface area contributed by atoms with E-state index in [2.05, 4.69) is 34.5 Å². The number of anilines is 1. The quantitative estimate of drug-likeness (QED) is 0.329. The van der Waals surface area contributed by atoms with E-state index in [1.807, 2.05) is 12.1 Å². The molecule has 1 aliphatic heterocycles. The minimum Gasteiger partial charge on any atom is -0.496 e. The average Bonchev–Trinajstić information content (AvgIpc) is 3.29. The smallest absolute Gasteiger partial charge is 0.132 e. The van der Waals surface area contributed by atoms with E-state index >= 15 is 0 Å². The molecule has 0 spiro atoms. The molecule has 0 atom stereocenters. The van der Waals surface area contributed by atoms with Crippen LogP contribution < -0.4 is 14.4 Å². The Balaban J connectivity index is 1.62. The van der Waals surface area contributed by atoms with E-state index in [4.69, 9.17) is 24.0 Å². The van der Waals surface area contributed by atoms with Crippen LogP contribution in [-0.4, -0.2) is 57.2 Å². The topological polar surface area (TPSA) is 57.5 Å². The maximum Gasteiger partial charge on any atom is 0.132 e. The Morgan fingerprint density at radius 1 is 0.973 bits per heavy atom. The van der Waals surface area contributed by atoms with Gasteiger partial charge in [-0.05, 0) is 73.8 Å². The van der Waals surface area contributed by atoms with Gasteiger partial charge in [0.2, 0.25) is 0 Å². The van der Waals surface area contributed by atoms with Gasteiger partial charge < -0.3 is 23.8 Å². The fourth-order valence-corrected chi connectivity index (χ4v) is 5.83. The molecule has 0 N–H and O–H groups in total. The average molecular weight is 508 g/mol. The second-order valence-electron chi connectivity index (χ2n) is 10.4. The van der Waals surface area contributed by atoms with Crippen LogP contribution in [0, 0.1) is 11.8 Å². The van der Waals surface area contributed by atoms with Crippen LogP contribution in [0.2, 0.25) is 0 Å². The van der Waals surface area contributed by atoms with Crippen molar-refractivity contribution in [3.05, 3.63) is 41.6 Å². The minimum absolute atomic E-state index is 0.492. The number of pyridine rings is 1. The zero-order valence-corrected chi connectivity index (χ0v) is 22.8. The highest BCUT2D eigenvalue weighted by atomic mass is 16.5. The van der Waals surface area contributed by atoms with Gasteiger partial charge in [0.05, 0.1) is 49.0 Å². The van der Waals surface area contributed by atoms with E-state index in [1.54, 1.807) is 21.3 Å². The highest BCUT2D eigenvalue weighted by Crippen LogP contribution is 2.42. The van der Waals surface area contributed by atoms with Crippen molar-refractivity contribution in [3.8, 4) is 22.8 Å². The molecule has 0 bridgehead atoms. The summed E-state index contributed by atoms with van der Waals surface area (Å²) in [6.45, 7) is 6.62. The largest absolute Gasteiger partial charge is 0.496 e. The maximum absolute atomic E-state index is 5.87. The summed E-state index contributed by atoms with van der Waals surface area (Å²) in [7, 11) is 5.10. The number of ether oxygens (including phenoxy) is 4. The number of rotatable bonds is 11. The molecule has 7 heteroatoms. The molecule has 0 unspecified atom stereocenters. The van der Waals surface area contributed by atoms with Crippen molar-refractivity contribution in [2.24, 2.45) is 11.8 Å². The van der Waals surface area contributed by atoms with Gasteiger partial charge in [-0.15, -0.1) is 0 Å². The van der Waals surface area contributed by atoms with Crippen LogP contribution in [0.1, 0.15) is 50.3 Å². The van der Waals surface area contributed by atoms with Crippen molar-refractivity contribution in [1.29, 1.82) is 0 Å². The first kappa shape index (κ1) is 25.9. The van der Waals surface area contributed by atoms with Crippen molar-refractivity contribution < 1.29 is 18.9 Å². The lowest BCUT2D eigenvalue weighted by atomic mass is 9.84. The molecular formula is C30H41N3O4. The minimum atomic E-state index is 0.492. The number of aryl methyl sites for hydroxylation is 1. The third-order valence-corrected chi connectivity index (χ3v) is 8.01. The summed E-state index contributed by atoms with van der Waals surface area (Å²) in [6.07, 6.45) is 7.17. The standard InChI is InChI=1S/C30H41N3O4/c1-5-24-30(32(18-21-8-6-9-21)19-22-12-14-37-15-13-22)26-11-7-10-25(33(26)31-24)29-27(35-3)16-23(20-34-2)17-28(29)36-4/h7,10-11,16-17,21-22H,5-6,8-9,12-15,18-20H2,1-4H3. The predicted octanol–water partition coefficient (Wildman–Crippen LogP) is 5.76. The van der Waals surface area contributed by atoms with Gasteiger partial charge in [-0.25, -0.2) is 4.52 Å². The summed E-state index contributed by atoms with van der Waals surface area (Å²) < 4.78 is 24.9. The summed E-state index contributed by atoms with van der Waals surface area (Å²) in [4.78, 5) is 2.65. The summed E-state index contributed by atoms with van der Waals surface area (Å²) >= 11 is 0. The van der Waals surface area contributed by atoms with E-state index in [-0.39, 0.29) is 0 Å². The Morgan fingerprint density at radius 2 is 1.65 bits per heavy atom. The molecule has 1 aliphatic carbocycles. The summed E-state index contributed by atoms with van der Waals surface area (Å²) in [5.41, 5.74) is 6.45. The van der Waals surface area contributed by atoms with Gasteiger partial charge >= 0.3 is 0 Å². The summed E-state index contributed by atoms with van der Waals surface area (Å²) in [5, 5.41) is 5.20. The first-order valence-corrected chi connectivity index (χ1v) is 13.7. The van der Waals surface area contributed by atoms with Gasteiger partial charge in [0.1, 0.15) is 11.5 Å². The number of fused-ring (bicyclic) bond motifs is 1. The lowest BCUT2D eigenvalue weighted by Gasteiger charge is -2.36. The summed E-state index contributed by atoms with van der Waals surface area (Å²) in [6, 6.07) is 10.5. The molecule has 200 valence electrons. The van der Waals surface area contributed by atoms with Crippen molar-refractivity contribution in [1.82, 2.24) is 9.61 Å². The number of hydrogen-bond acceptors (Lipinski definition) is 6. The Kier molecular flexibility index (Phi) is 8.20. The van der Waals surface area contributed by atoms with Gasteiger partial charge in [-0.1, -0.05) is 19.4 Å². The Bertz CT molecular complexity index is 1170. The normalized spacial score (nSPS) is 16.6. The number of nitrogens with zero attached hydrogens (tertiary/aromatic N) is 3. The molecule has 5 rings (SSSR count). The molecule has 3 heterocycles. The van der Waals surface area contributed by atoms with E-state index in [0.29, 0.717) is 12.5 Å². The second kappa shape index (κ2) is 11.7. The van der Waals surface area contributed by atoms with E-state index in [9.17, 15) is 0 Å². The van der Waals surface area contributed by atoms with Gasteiger partial charge in [0.15, 0.2) is 0 Å². The summed E-state index contributed by atoms with van der Waals surface area (Å²) in [5.74, 6) is 2.94. The van der Waals surface area contributed by atoms with Crippen molar-refractivity contribution in [2.45, 2.75) is 52.1 Å². The monoisotopic (exact) mass is 507 g/mol. The number of hydrogen-bond donors (Lipinski definition) is 0. The van der Waals surface area contributed by atoms with Crippen LogP contribution in [0.15, 0.2) is 30.3 Å². The molecule has 0 radical (unpaired) electrons. The Morgan fingerprint density at radius 3 is 2.22 bits per heavy atom. The maximum atomic E-state index is 5.87. The van der Waals surface area contributed by atoms with E-state index < -0.39 is 0 Å². The van der Waals surface area contributed by atoms with Crippen LogP contribution in [0.3, 0.4) is 0 Å². The van der Waals surface area contributed by atoms with E-state index in [0.717, 1.165) is 91.0 Å². The number of benzene rings is 1. The zero-order chi connectivity index (χ0) is 25.8. The van der Waals surface area contributed by atoms with Crippen molar-refractivity contribution in [3.63, 3.8) is 0 Å². The zero-order valence-electron chi connectivity index (χ0n) is 22.8. The third kappa shape index (κ3) is 5.30. The van der Waals surface area contributed by atoms with E-state index in [1.165, 1.54) is 24.9 Å². The third-order valence-electron chi connectivity index (χ3n) is 8.01. The first-order valence-electron chi connectivity index (χ1n) is 13.7. The predicted molar refractivity (Wildman–Crippen MR) is 147 cm³/mol. The molecule has 1 saturated heterocycles. The lowest BCUT2D eigenvalue weighted by molar-refractivity contribution is 0.0678. The van der Waals surface area contributed by atoms with Crippen LogP contribution >= 0.6 is 0 Å². The van der Waals surface area contributed by atoms with Gasteiger partial charge in [0.25, 0.3) is 0 Å².